The normalized spacial score (nSPS) is 10.3. The highest BCUT2D eigenvalue weighted by Gasteiger charge is 2.19. The molecule has 122 valence electrons. The van der Waals surface area contributed by atoms with Crippen LogP contribution in [0.3, 0.4) is 0 Å². The van der Waals surface area contributed by atoms with Crippen molar-refractivity contribution in [2.45, 2.75) is 13.8 Å². The molecule has 8 heteroatoms. The lowest BCUT2D eigenvalue weighted by Gasteiger charge is -2.17. The molecule has 0 fully saturated rings. The fourth-order valence-corrected chi connectivity index (χ4v) is 2.18. The van der Waals surface area contributed by atoms with E-state index in [-0.39, 0.29) is 24.2 Å². The van der Waals surface area contributed by atoms with Crippen LogP contribution in [-0.2, 0) is 9.59 Å². The van der Waals surface area contributed by atoms with Gasteiger partial charge in [0.05, 0.1) is 12.1 Å². The van der Waals surface area contributed by atoms with E-state index in [1.807, 2.05) is 0 Å². The number of aromatic nitrogens is 1. The number of methoxy groups -OCH3 is 1. The largest absolute Gasteiger partial charge is 0.495 e. The van der Waals surface area contributed by atoms with Crippen molar-refractivity contribution in [3.05, 3.63) is 35.0 Å². The number of rotatable bonds is 5. The minimum atomic E-state index is -0.387. The maximum absolute atomic E-state index is 12.1. The molecule has 2 rings (SSSR count). The van der Waals surface area contributed by atoms with Crippen molar-refractivity contribution in [1.29, 1.82) is 0 Å². The Morgan fingerprint density at radius 2 is 2.13 bits per heavy atom. The third-order valence-corrected chi connectivity index (χ3v) is 3.30. The van der Waals surface area contributed by atoms with Crippen molar-refractivity contribution >= 4 is 34.9 Å². The predicted octanol–water partition coefficient (Wildman–Crippen LogP) is 2.64. The average molecular weight is 338 g/mol. The molecule has 0 radical (unpaired) electrons. The highest BCUT2D eigenvalue weighted by atomic mass is 35.5. The summed E-state index contributed by atoms with van der Waals surface area (Å²) < 4.78 is 9.97. The molecule has 7 nitrogen and oxygen atoms in total. The van der Waals surface area contributed by atoms with Gasteiger partial charge >= 0.3 is 0 Å². The van der Waals surface area contributed by atoms with E-state index in [1.165, 1.54) is 18.9 Å². The summed E-state index contributed by atoms with van der Waals surface area (Å²) in [5, 5.41) is 6.79. The van der Waals surface area contributed by atoms with Crippen LogP contribution in [0.15, 0.2) is 28.8 Å². The van der Waals surface area contributed by atoms with E-state index in [0.717, 1.165) is 0 Å². The fourth-order valence-electron chi connectivity index (χ4n) is 1.92. The van der Waals surface area contributed by atoms with Crippen LogP contribution in [0.5, 0.6) is 5.75 Å². The van der Waals surface area contributed by atoms with Crippen LogP contribution >= 0.6 is 11.6 Å². The minimum absolute atomic E-state index is 0.190. The van der Waals surface area contributed by atoms with E-state index in [0.29, 0.717) is 22.2 Å². The van der Waals surface area contributed by atoms with Gasteiger partial charge in [0.25, 0.3) is 0 Å². The SMILES string of the molecule is COc1ccc(NC(=O)CN(C(C)=O)c2cc(C)on2)cc1Cl. The Bertz CT molecular complexity index is 729. The van der Waals surface area contributed by atoms with Crippen molar-refractivity contribution < 1.29 is 18.8 Å². The summed E-state index contributed by atoms with van der Waals surface area (Å²) >= 11 is 6.00. The lowest BCUT2D eigenvalue weighted by atomic mass is 10.3. The molecular formula is C15H16ClN3O4. The molecule has 0 aliphatic carbocycles. The van der Waals surface area contributed by atoms with Gasteiger partial charge < -0.3 is 14.6 Å². The summed E-state index contributed by atoms with van der Waals surface area (Å²) in [4.78, 5) is 25.1. The maximum atomic E-state index is 12.1. The maximum Gasteiger partial charge on any atom is 0.244 e. The molecule has 1 aromatic heterocycles. The van der Waals surface area contributed by atoms with Crippen LogP contribution in [0.2, 0.25) is 5.02 Å². The molecule has 0 bridgehead atoms. The van der Waals surface area contributed by atoms with E-state index in [1.54, 1.807) is 31.2 Å². The first-order chi connectivity index (χ1) is 10.9. The molecule has 0 saturated heterocycles. The van der Waals surface area contributed by atoms with Gasteiger partial charge in [-0.15, -0.1) is 0 Å². The van der Waals surface area contributed by atoms with Gasteiger partial charge in [0.2, 0.25) is 11.8 Å². The number of amides is 2. The summed E-state index contributed by atoms with van der Waals surface area (Å²) in [7, 11) is 1.50. The Labute approximate surface area is 138 Å². The van der Waals surface area contributed by atoms with Crippen LogP contribution in [0.1, 0.15) is 12.7 Å². The summed E-state index contributed by atoms with van der Waals surface area (Å²) in [6.45, 7) is 2.86. The molecule has 0 aliphatic rings. The van der Waals surface area contributed by atoms with Crippen LogP contribution in [0.4, 0.5) is 11.5 Å². The second-order valence-electron chi connectivity index (χ2n) is 4.80. The van der Waals surface area contributed by atoms with E-state index < -0.39 is 0 Å². The van der Waals surface area contributed by atoms with E-state index >= 15 is 0 Å². The number of halogens is 1. The highest BCUT2D eigenvalue weighted by Crippen LogP contribution is 2.27. The number of carbonyl (C=O) groups excluding carboxylic acids is 2. The average Bonchev–Trinajstić information content (AvgIpc) is 2.91. The topological polar surface area (TPSA) is 84.7 Å². The molecule has 1 heterocycles. The van der Waals surface area contributed by atoms with Crippen molar-refractivity contribution in [3.63, 3.8) is 0 Å². The van der Waals surface area contributed by atoms with Crippen molar-refractivity contribution in [3.8, 4) is 5.75 Å². The van der Waals surface area contributed by atoms with Crippen molar-refractivity contribution in [2.24, 2.45) is 0 Å². The Morgan fingerprint density at radius 3 is 2.65 bits per heavy atom. The van der Waals surface area contributed by atoms with Gasteiger partial charge in [0.1, 0.15) is 18.1 Å². The molecule has 0 atom stereocenters. The zero-order valence-corrected chi connectivity index (χ0v) is 13.7. The zero-order valence-electron chi connectivity index (χ0n) is 12.9. The minimum Gasteiger partial charge on any atom is -0.495 e. The number of ether oxygens (including phenoxy) is 1. The zero-order chi connectivity index (χ0) is 17.0. The molecule has 0 aliphatic heterocycles. The van der Waals surface area contributed by atoms with E-state index in [2.05, 4.69) is 10.5 Å². The number of anilines is 2. The first-order valence-electron chi connectivity index (χ1n) is 6.75. The number of nitrogens with one attached hydrogen (secondary N) is 1. The molecule has 1 aromatic carbocycles. The smallest absolute Gasteiger partial charge is 0.244 e. The van der Waals surface area contributed by atoms with Gasteiger partial charge in [-0.1, -0.05) is 16.8 Å². The van der Waals surface area contributed by atoms with E-state index in [4.69, 9.17) is 20.9 Å². The number of benzene rings is 1. The second kappa shape index (κ2) is 7.15. The third kappa shape index (κ3) is 4.23. The van der Waals surface area contributed by atoms with Crippen molar-refractivity contribution in [2.75, 3.05) is 23.9 Å². The highest BCUT2D eigenvalue weighted by molar-refractivity contribution is 6.32. The van der Waals surface area contributed by atoms with Crippen LogP contribution in [-0.4, -0.2) is 30.6 Å². The van der Waals surface area contributed by atoms with Crippen molar-refractivity contribution in [1.82, 2.24) is 5.16 Å². The fraction of sp³-hybridized carbons (Fsp3) is 0.267. The van der Waals surface area contributed by atoms with Gasteiger partial charge in [0.15, 0.2) is 5.82 Å². The number of hydrogen-bond donors (Lipinski definition) is 1. The van der Waals surface area contributed by atoms with Gasteiger partial charge in [-0.3, -0.25) is 14.5 Å². The number of hydrogen-bond acceptors (Lipinski definition) is 5. The number of carbonyl (C=O) groups is 2. The third-order valence-electron chi connectivity index (χ3n) is 3.01. The predicted molar refractivity (Wildman–Crippen MR) is 85.9 cm³/mol. The molecule has 0 saturated carbocycles. The first-order valence-corrected chi connectivity index (χ1v) is 7.13. The monoisotopic (exact) mass is 337 g/mol. The number of nitrogens with zero attached hydrogens (tertiary/aromatic N) is 2. The Balaban J connectivity index is 2.08. The van der Waals surface area contributed by atoms with Crippen LogP contribution < -0.4 is 15.0 Å². The standard InChI is InChI=1S/C15H16ClN3O4/c1-9-6-14(18-23-9)19(10(2)20)8-15(21)17-11-4-5-13(22-3)12(16)7-11/h4-7H,8H2,1-3H3,(H,17,21). The van der Waals surface area contributed by atoms with Crippen LogP contribution in [0, 0.1) is 6.92 Å². The van der Waals surface area contributed by atoms with Gasteiger partial charge in [-0.2, -0.15) is 0 Å². The molecular weight excluding hydrogens is 322 g/mol. The molecule has 23 heavy (non-hydrogen) atoms. The molecule has 2 amide bonds. The Hall–Kier alpha value is -2.54. The summed E-state index contributed by atoms with van der Waals surface area (Å²) in [6.07, 6.45) is 0. The summed E-state index contributed by atoms with van der Waals surface area (Å²) in [5.74, 6) is 0.642. The lowest BCUT2D eigenvalue weighted by Crippen LogP contribution is -2.36. The summed E-state index contributed by atoms with van der Waals surface area (Å²) in [6, 6.07) is 6.44. The Morgan fingerprint density at radius 1 is 1.39 bits per heavy atom. The Kier molecular flexibility index (Phi) is 5.23. The quantitative estimate of drug-likeness (QED) is 0.906. The first kappa shape index (κ1) is 16.8. The summed E-state index contributed by atoms with van der Waals surface area (Å²) in [5.41, 5.74) is 0.501. The van der Waals surface area contributed by atoms with Crippen LogP contribution in [0.25, 0.3) is 0 Å². The molecule has 0 spiro atoms. The number of aryl methyl sites for hydroxylation is 1. The van der Waals surface area contributed by atoms with E-state index in [9.17, 15) is 9.59 Å². The molecule has 0 unspecified atom stereocenters. The lowest BCUT2D eigenvalue weighted by molar-refractivity contribution is -0.120. The molecule has 2 aromatic rings. The molecule has 1 N–H and O–H groups in total. The van der Waals surface area contributed by atoms with Gasteiger partial charge in [-0.05, 0) is 25.1 Å². The second-order valence-corrected chi connectivity index (χ2v) is 5.21. The van der Waals surface area contributed by atoms with Gasteiger partial charge in [0, 0.05) is 18.7 Å². The van der Waals surface area contributed by atoms with Gasteiger partial charge in [-0.25, -0.2) is 0 Å².